The van der Waals surface area contributed by atoms with Gasteiger partial charge in [-0.3, -0.25) is 0 Å². The van der Waals surface area contributed by atoms with Crippen molar-refractivity contribution in [2.24, 2.45) is 0 Å². The van der Waals surface area contributed by atoms with Crippen molar-refractivity contribution in [1.82, 2.24) is 0 Å². The van der Waals surface area contributed by atoms with E-state index in [0.717, 1.165) is 6.08 Å². The number of carbonyl (C=O) groups excluding carboxylic acids is 1. The second-order valence-corrected chi connectivity index (χ2v) is 2.25. The van der Waals surface area contributed by atoms with Crippen molar-refractivity contribution in [2.45, 2.75) is 25.3 Å². The van der Waals surface area contributed by atoms with Gasteiger partial charge in [0.05, 0.1) is 0 Å². The molecule has 0 fully saturated rings. The van der Waals surface area contributed by atoms with E-state index in [1.165, 1.54) is 0 Å². The first-order chi connectivity index (χ1) is 5.85. The molecule has 0 aromatic rings. The number of esters is 1. The van der Waals surface area contributed by atoms with E-state index in [0.29, 0.717) is 0 Å². The minimum atomic E-state index is -4.36. The number of hydrogen-bond acceptors (Lipinski definition) is 3. The third kappa shape index (κ3) is 7.32. The Bertz CT molecular complexity index is 188. The fourth-order valence-electron chi connectivity index (χ4n) is 0.528. The minimum absolute atomic E-state index is 0.664. The molecule has 76 valence electrons. The number of alkyl halides is 3. The van der Waals surface area contributed by atoms with E-state index in [-0.39, 0.29) is 0 Å². The highest BCUT2D eigenvalue weighted by atomic mass is 19.4. The molecule has 0 aliphatic heterocycles. The second kappa shape index (κ2) is 4.86. The van der Waals surface area contributed by atoms with E-state index in [9.17, 15) is 18.0 Å². The van der Waals surface area contributed by atoms with Crippen molar-refractivity contribution in [3.63, 3.8) is 0 Å². The Morgan fingerprint density at radius 3 is 2.54 bits per heavy atom. The molecule has 0 aliphatic rings. The summed E-state index contributed by atoms with van der Waals surface area (Å²) in [6, 6.07) is 0. The number of rotatable bonds is 4. The molecular formula is C7H9F3O3. The summed E-state index contributed by atoms with van der Waals surface area (Å²) >= 11 is 0. The number of aliphatic hydroxyl groups excluding tert-OH is 1. The quantitative estimate of drug-likeness (QED) is 0.421. The molecule has 0 rings (SSSR count). The number of ether oxygens (including phenoxy) is 1. The number of hydrogen-bond donors (Lipinski definition) is 1. The predicted molar refractivity (Wildman–Crippen MR) is 37.6 cm³/mol. The van der Waals surface area contributed by atoms with Crippen LogP contribution < -0.4 is 0 Å². The predicted octanol–water partition coefficient (Wildman–Crippen LogP) is 1.38. The normalized spacial score (nSPS) is 13.5. The van der Waals surface area contributed by atoms with Crippen LogP contribution in [0.1, 0.15) is 12.8 Å². The molecule has 0 spiro atoms. The van der Waals surface area contributed by atoms with Crippen LogP contribution in [-0.4, -0.2) is 23.5 Å². The van der Waals surface area contributed by atoms with E-state index in [4.69, 9.17) is 5.11 Å². The Morgan fingerprint density at radius 2 is 2.15 bits per heavy atom. The average Bonchev–Trinajstić information content (AvgIpc) is 1.99. The zero-order valence-electron chi connectivity index (χ0n) is 6.67. The number of carbonyl (C=O) groups is 1. The SMILES string of the molecule is C=CC(=O)OC(O)CCC(F)(F)F. The Labute approximate surface area is 72.8 Å². The van der Waals surface area contributed by atoms with E-state index < -0.39 is 31.3 Å². The molecule has 0 aliphatic carbocycles. The number of aliphatic hydroxyl groups is 1. The molecule has 0 amide bonds. The lowest BCUT2D eigenvalue weighted by atomic mass is 10.3. The maximum atomic E-state index is 11.6. The lowest BCUT2D eigenvalue weighted by Gasteiger charge is -2.11. The summed E-state index contributed by atoms with van der Waals surface area (Å²) in [5.41, 5.74) is 0. The third-order valence-electron chi connectivity index (χ3n) is 1.09. The van der Waals surface area contributed by atoms with Gasteiger partial charge in [0.2, 0.25) is 6.29 Å². The molecule has 3 nitrogen and oxygen atoms in total. The summed E-state index contributed by atoms with van der Waals surface area (Å²) in [4.78, 5) is 10.4. The van der Waals surface area contributed by atoms with Crippen molar-refractivity contribution in [1.29, 1.82) is 0 Å². The molecule has 1 unspecified atom stereocenters. The van der Waals surface area contributed by atoms with E-state index >= 15 is 0 Å². The highest BCUT2D eigenvalue weighted by molar-refractivity contribution is 5.81. The van der Waals surface area contributed by atoms with Crippen molar-refractivity contribution in [3.8, 4) is 0 Å². The lowest BCUT2D eigenvalue weighted by molar-refractivity contribution is -0.176. The Hall–Kier alpha value is -1.04. The van der Waals surface area contributed by atoms with Crippen LogP contribution in [0.4, 0.5) is 13.2 Å². The third-order valence-corrected chi connectivity index (χ3v) is 1.09. The standard InChI is InChI=1S/C7H9F3O3/c1-2-5(11)13-6(12)3-4-7(8,9)10/h2,6,12H,1,3-4H2. The largest absolute Gasteiger partial charge is 0.433 e. The number of halogens is 3. The molecule has 0 aromatic heterocycles. The molecule has 0 radical (unpaired) electrons. The van der Waals surface area contributed by atoms with Gasteiger partial charge in [-0.2, -0.15) is 13.2 Å². The van der Waals surface area contributed by atoms with Gasteiger partial charge in [0, 0.05) is 18.9 Å². The second-order valence-electron chi connectivity index (χ2n) is 2.25. The van der Waals surface area contributed by atoms with Gasteiger partial charge in [0.25, 0.3) is 0 Å². The van der Waals surface area contributed by atoms with Crippen molar-refractivity contribution in [3.05, 3.63) is 12.7 Å². The Morgan fingerprint density at radius 1 is 1.62 bits per heavy atom. The first-order valence-corrected chi connectivity index (χ1v) is 3.43. The van der Waals surface area contributed by atoms with Crippen LogP contribution in [0.15, 0.2) is 12.7 Å². The maximum Gasteiger partial charge on any atom is 0.389 e. The first-order valence-electron chi connectivity index (χ1n) is 3.43. The summed E-state index contributed by atoms with van der Waals surface area (Å²) < 4.78 is 38.8. The Kier molecular flexibility index (Phi) is 4.47. The maximum absolute atomic E-state index is 11.6. The molecule has 6 heteroatoms. The fourth-order valence-corrected chi connectivity index (χ4v) is 0.528. The van der Waals surface area contributed by atoms with Crippen LogP contribution in [0.2, 0.25) is 0 Å². The zero-order chi connectivity index (χ0) is 10.5. The van der Waals surface area contributed by atoms with Gasteiger partial charge in [-0.05, 0) is 0 Å². The van der Waals surface area contributed by atoms with Crippen LogP contribution in [0.25, 0.3) is 0 Å². The molecule has 0 bridgehead atoms. The highest BCUT2D eigenvalue weighted by Crippen LogP contribution is 2.22. The van der Waals surface area contributed by atoms with Gasteiger partial charge in [-0.1, -0.05) is 6.58 Å². The first kappa shape index (κ1) is 12.0. The van der Waals surface area contributed by atoms with Gasteiger partial charge in [0.1, 0.15) is 0 Å². The smallest absolute Gasteiger partial charge is 0.389 e. The van der Waals surface area contributed by atoms with Gasteiger partial charge < -0.3 is 9.84 Å². The van der Waals surface area contributed by atoms with Crippen molar-refractivity contribution in [2.75, 3.05) is 0 Å². The summed E-state index contributed by atoms with van der Waals surface area (Å²) in [6.07, 6.45) is -7.19. The lowest BCUT2D eigenvalue weighted by Crippen LogP contribution is -2.19. The van der Waals surface area contributed by atoms with Crippen LogP contribution >= 0.6 is 0 Å². The summed E-state index contributed by atoms with van der Waals surface area (Å²) in [6.45, 7) is 3.01. The van der Waals surface area contributed by atoms with E-state index in [1.807, 2.05) is 0 Å². The fraction of sp³-hybridized carbons (Fsp3) is 0.571. The van der Waals surface area contributed by atoms with Gasteiger partial charge in [-0.25, -0.2) is 4.79 Å². The molecular weight excluding hydrogens is 189 g/mol. The molecule has 13 heavy (non-hydrogen) atoms. The van der Waals surface area contributed by atoms with Crippen molar-refractivity contribution < 1.29 is 27.8 Å². The van der Waals surface area contributed by atoms with Crippen LogP contribution in [0.3, 0.4) is 0 Å². The Balaban J connectivity index is 3.69. The summed E-state index contributed by atoms with van der Waals surface area (Å²) in [7, 11) is 0. The zero-order valence-corrected chi connectivity index (χ0v) is 6.67. The average molecular weight is 198 g/mol. The van der Waals surface area contributed by atoms with Gasteiger partial charge >= 0.3 is 12.1 Å². The molecule has 1 N–H and O–H groups in total. The molecule has 0 saturated heterocycles. The summed E-state index contributed by atoms with van der Waals surface area (Å²) in [5, 5.41) is 8.72. The molecule has 0 aromatic carbocycles. The van der Waals surface area contributed by atoms with Crippen LogP contribution in [0, 0.1) is 0 Å². The van der Waals surface area contributed by atoms with Crippen molar-refractivity contribution >= 4 is 5.97 Å². The van der Waals surface area contributed by atoms with Crippen LogP contribution in [0.5, 0.6) is 0 Å². The minimum Gasteiger partial charge on any atom is -0.433 e. The molecule has 1 atom stereocenters. The van der Waals surface area contributed by atoms with E-state index in [1.54, 1.807) is 0 Å². The van der Waals surface area contributed by atoms with Gasteiger partial charge in [-0.15, -0.1) is 0 Å². The summed E-state index contributed by atoms with van der Waals surface area (Å²) in [5.74, 6) is -0.949. The van der Waals surface area contributed by atoms with Crippen LogP contribution in [-0.2, 0) is 9.53 Å². The monoisotopic (exact) mass is 198 g/mol. The highest BCUT2D eigenvalue weighted by Gasteiger charge is 2.28. The molecule has 0 saturated carbocycles. The molecule has 0 heterocycles. The van der Waals surface area contributed by atoms with E-state index in [2.05, 4.69) is 11.3 Å². The topological polar surface area (TPSA) is 46.5 Å². The van der Waals surface area contributed by atoms with Gasteiger partial charge in [0.15, 0.2) is 0 Å².